The van der Waals surface area contributed by atoms with Crippen molar-refractivity contribution in [3.05, 3.63) is 76.1 Å². The molecular formula is C26H28ClFIN4O3PS. The molecule has 1 aromatic carbocycles. The number of hydrogen-bond acceptors (Lipinski definition) is 7. The smallest absolute Gasteiger partial charge is 0.164 e. The average Bonchev–Trinajstić information content (AvgIpc) is 3.30. The van der Waals surface area contributed by atoms with Gasteiger partial charge in [0.2, 0.25) is 0 Å². The molecule has 1 aliphatic rings. The summed E-state index contributed by atoms with van der Waals surface area (Å²) in [4.78, 5) is 10.6. The molecule has 2 unspecified atom stereocenters. The summed E-state index contributed by atoms with van der Waals surface area (Å²) in [6.07, 6.45) is 8.06. The van der Waals surface area contributed by atoms with E-state index in [1.165, 1.54) is 19.2 Å². The number of aromatic nitrogens is 2. The molecule has 4 rings (SSSR count). The fraction of sp³-hybridized carbons (Fsp3) is 0.308. The number of methoxy groups -OCH3 is 1. The first-order valence-corrected chi connectivity index (χ1v) is 17.8. The summed E-state index contributed by atoms with van der Waals surface area (Å²) in [7, 11) is 4.44. The minimum Gasteiger partial charge on any atom is -0.493 e. The maximum absolute atomic E-state index is 15.4. The van der Waals surface area contributed by atoms with Crippen LogP contribution in [0.15, 0.2) is 59.1 Å². The SMILES string of the molecule is C=NC1=C(N(C)CCOc2cc(F)c(C(O)c3cn(P(C)SI)c4ncc(Cl)cc34)cc2OC)C=CCC1. The van der Waals surface area contributed by atoms with Gasteiger partial charge in [0.25, 0.3) is 0 Å². The van der Waals surface area contributed by atoms with Crippen molar-refractivity contribution in [2.24, 2.45) is 4.99 Å². The van der Waals surface area contributed by atoms with Crippen LogP contribution in [-0.2, 0) is 0 Å². The van der Waals surface area contributed by atoms with Gasteiger partial charge in [-0.3, -0.25) is 4.99 Å². The lowest BCUT2D eigenvalue weighted by Crippen LogP contribution is -2.25. The molecule has 2 atom stereocenters. The van der Waals surface area contributed by atoms with Gasteiger partial charge < -0.3 is 23.8 Å². The minimum absolute atomic E-state index is 0.0760. The number of benzene rings is 1. The van der Waals surface area contributed by atoms with Crippen molar-refractivity contribution in [1.82, 2.24) is 14.2 Å². The summed E-state index contributed by atoms with van der Waals surface area (Å²) >= 11 is 8.46. The van der Waals surface area contributed by atoms with Gasteiger partial charge >= 0.3 is 0 Å². The second kappa shape index (κ2) is 13.0. The van der Waals surface area contributed by atoms with Gasteiger partial charge in [-0.2, -0.15) is 0 Å². The van der Waals surface area contributed by atoms with E-state index >= 15 is 4.39 Å². The Morgan fingerprint density at radius 2 is 2.16 bits per heavy atom. The zero-order valence-electron chi connectivity index (χ0n) is 21.2. The van der Waals surface area contributed by atoms with E-state index in [1.54, 1.807) is 20.8 Å². The highest BCUT2D eigenvalue weighted by Crippen LogP contribution is 2.54. The molecule has 202 valence electrons. The Bertz CT molecular complexity index is 1400. The van der Waals surface area contributed by atoms with Crippen LogP contribution in [-0.4, -0.2) is 60.0 Å². The molecule has 1 N–H and O–H groups in total. The molecule has 38 heavy (non-hydrogen) atoms. The number of likely N-dealkylation sites (N-methyl/N-ethyl adjacent to an activating group) is 1. The third-order valence-corrected chi connectivity index (χ3v) is 13.9. The van der Waals surface area contributed by atoms with Gasteiger partial charge in [0.1, 0.15) is 24.2 Å². The van der Waals surface area contributed by atoms with Gasteiger partial charge in [-0.05, 0) is 53.0 Å². The molecule has 0 amide bonds. The summed E-state index contributed by atoms with van der Waals surface area (Å²) < 4.78 is 28.8. The Hall–Kier alpha value is -1.85. The lowest BCUT2D eigenvalue weighted by atomic mass is 10.0. The van der Waals surface area contributed by atoms with Crippen LogP contribution >= 0.6 is 48.6 Å². The van der Waals surface area contributed by atoms with Crippen LogP contribution in [0, 0.1) is 5.82 Å². The second-order valence-electron chi connectivity index (χ2n) is 8.62. The molecule has 0 saturated carbocycles. The predicted octanol–water partition coefficient (Wildman–Crippen LogP) is 7.36. The third-order valence-electron chi connectivity index (χ3n) is 6.30. The van der Waals surface area contributed by atoms with Gasteiger partial charge in [-0.25, -0.2) is 9.37 Å². The van der Waals surface area contributed by atoms with Crippen LogP contribution < -0.4 is 9.47 Å². The van der Waals surface area contributed by atoms with Crippen LogP contribution in [0.5, 0.6) is 11.5 Å². The zero-order chi connectivity index (χ0) is 27.4. The molecule has 12 heteroatoms. The molecule has 7 nitrogen and oxygen atoms in total. The molecule has 0 bridgehead atoms. The van der Waals surface area contributed by atoms with Gasteiger partial charge in [0.05, 0.1) is 37.3 Å². The molecule has 0 saturated heterocycles. The molecule has 2 aromatic heterocycles. The second-order valence-corrected chi connectivity index (χ2v) is 16.1. The number of fused-ring (bicyclic) bond motifs is 1. The maximum Gasteiger partial charge on any atom is 0.164 e. The van der Waals surface area contributed by atoms with E-state index in [2.05, 4.69) is 50.6 Å². The summed E-state index contributed by atoms with van der Waals surface area (Å²) in [5.74, 6) is -0.0143. The van der Waals surface area contributed by atoms with Crippen LogP contribution in [0.2, 0.25) is 5.02 Å². The number of nitrogens with zero attached hydrogens (tertiary/aromatic N) is 4. The monoisotopic (exact) mass is 688 g/mol. The Kier molecular flexibility index (Phi) is 9.97. The largest absolute Gasteiger partial charge is 0.493 e. The number of aliphatic hydroxyl groups is 1. The summed E-state index contributed by atoms with van der Waals surface area (Å²) in [5.41, 5.74) is 3.23. The Labute approximate surface area is 243 Å². The van der Waals surface area contributed by atoms with Gasteiger partial charge in [-0.1, -0.05) is 17.7 Å². The quantitative estimate of drug-likeness (QED) is 0.129. The fourth-order valence-corrected chi connectivity index (χ4v) is 7.53. The maximum atomic E-state index is 15.4. The van der Waals surface area contributed by atoms with E-state index in [9.17, 15) is 5.11 Å². The topological polar surface area (TPSA) is 72.1 Å². The highest BCUT2D eigenvalue weighted by molar-refractivity contribution is 14.2. The number of allylic oxidation sites excluding steroid dienone is 3. The highest BCUT2D eigenvalue weighted by atomic mass is 127. The zero-order valence-corrected chi connectivity index (χ0v) is 25.8. The van der Waals surface area contributed by atoms with E-state index in [-0.39, 0.29) is 11.3 Å². The first kappa shape index (κ1) is 29.1. The first-order valence-electron chi connectivity index (χ1n) is 11.7. The first-order chi connectivity index (χ1) is 18.3. The molecule has 1 aliphatic carbocycles. The summed E-state index contributed by atoms with van der Waals surface area (Å²) in [6.45, 7) is 6.60. The van der Waals surface area contributed by atoms with Crippen molar-refractivity contribution in [3.63, 3.8) is 0 Å². The van der Waals surface area contributed by atoms with E-state index in [0.29, 0.717) is 40.5 Å². The van der Waals surface area contributed by atoms with Crippen LogP contribution in [0.4, 0.5) is 4.39 Å². The molecule has 0 fully saturated rings. The standard InChI is InChI=1S/C26H28ClFIN4O3PS/c1-30-21-7-5-6-8-22(21)32(2)9-10-36-24-13-20(28)18(12-23(24)35-3)25(34)19-15-33(37(4)38-29)26-17(19)11-16(27)14-31-26/h6,8,11-15,25,34H,1,5,7,9-10H2,2-4H3. The number of rotatable bonds is 11. The predicted molar refractivity (Wildman–Crippen MR) is 165 cm³/mol. The third kappa shape index (κ3) is 6.14. The fourth-order valence-electron chi connectivity index (χ4n) is 4.32. The van der Waals surface area contributed by atoms with Gasteiger partial charge in [-0.15, -0.1) is 0 Å². The molecule has 0 spiro atoms. The van der Waals surface area contributed by atoms with Crippen LogP contribution in [0.3, 0.4) is 0 Å². The molecule has 3 aromatic rings. The molecule has 2 heterocycles. The summed E-state index contributed by atoms with van der Waals surface area (Å²) in [5, 5.41) is 12.4. The number of aliphatic imine (C=N–C) groups is 1. The van der Waals surface area contributed by atoms with Crippen molar-refractivity contribution in [2.75, 3.05) is 34.0 Å². The normalized spacial score (nSPS) is 15.0. The molecule has 0 radical (unpaired) electrons. The number of ether oxygens (including phenoxy) is 2. The highest BCUT2D eigenvalue weighted by Gasteiger charge is 2.25. The number of aliphatic hydroxyl groups excluding tert-OH is 1. The van der Waals surface area contributed by atoms with Crippen molar-refractivity contribution in [2.45, 2.75) is 18.9 Å². The Morgan fingerprint density at radius 3 is 2.87 bits per heavy atom. The number of halogens is 3. The van der Waals surface area contributed by atoms with Crippen LogP contribution in [0.25, 0.3) is 11.0 Å². The van der Waals surface area contributed by atoms with Gasteiger partial charge in [0, 0.05) is 63.2 Å². The lowest BCUT2D eigenvalue weighted by Gasteiger charge is -2.24. The number of hydrogen-bond donors (Lipinski definition) is 1. The lowest BCUT2D eigenvalue weighted by molar-refractivity contribution is 0.214. The van der Waals surface area contributed by atoms with Crippen molar-refractivity contribution in [1.29, 1.82) is 0 Å². The average molecular weight is 689 g/mol. The Balaban J connectivity index is 1.58. The van der Waals surface area contributed by atoms with E-state index in [4.69, 9.17) is 21.1 Å². The number of pyridine rings is 1. The minimum atomic E-state index is -1.26. The van der Waals surface area contributed by atoms with Crippen molar-refractivity contribution in [3.8, 4) is 11.5 Å². The van der Waals surface area contributed by atoms with Crippen molar-refractivity contribution >= 4 is 66.4 Å². The van der Waals surface area contributed by atoms with Crippen LogP contribution in [0.1, 0.15) is 30.1 Å². The molecule has 0 aliphatic heterocycles. The summed E-state index contributed by atoms with van der Waals surface area (Å²) in [6, 6.07) is 4.48. The van der Waals surface area contributed by atoms with E-state index in [0.717, 1.165) is 24.2 Å². The van der Waals surface area contributed by atoms with E-state index < -0.39 is 19.2 Å². The molecular weight excluding hydrogens is 661 g/mol. The van der Waals surface area contributed by atoms with Crippen molar-refractivity contribution < 1.29 is 19.0 Å². The van der Waals surface area contributed by atoms with E-state index in [1.807, 2.05) is 28.6 Å². The van der Waals surface area contributed by atoms with Gasteiger partial charge in [0.15, 0.2) is 11.5 Å². The Morgan fingerprint density at radius 1 is 1.37 bits per heavy atom.